The molecule has 0 aromatic rings. The molecule has 0 amide bonds. The Morgan fingerprint density at radius 1 is 0.533 bits per heavy atom. The first kappa shape index (κ1) is 36.0. The van der Waals surface area contributed by atoms with Crippen LogP contribution in [-0.2, 0) is 0 Å². The number of hydrogen-bond donors (Lipinski definition) is 0. The summed E-state index contributed by atoms with van der Waals surface area (Å²) in [5, 5.41) is 0.672. The van der Waals surface area contributed by atoms with Gasteiger partial charge in [0.1, 0.15) is 0 Å². The molecule has 6 fully saturated rings. The van der Waals surface area contributed by atoms with E-state index in [1.54, 1.807) is 44.1 Å². The van der Waals surface area contributed by atoms with Crippen LogP contribution in [0.3, 0.4) is 0 Å². The van der Waals surface area contributed by atoms with E-state index in [9.17, 15) is 11.2 Å². The first-order valence-electron chi connectivity index (χ1n) is 20.9. The molecule has 45 heavy (non-hydrogen) atoms. The molecule has 6 aliphatic rings. The van der Waals surface area contributed by atoms with E-state index >= 15 is 0 Å². The monoisotopic (exact) mass is 698 g/mol. The van der Waals surface area contributed by atoms with Gasteiger partial charge in [-0.15, -0.1) is 0 Å². The van der Waals surface area contributed by atoms with Gasteiger partial charge in [0.25, 0.3) is 0 Å². The summed E-state index contributed by atoms with van der Waals surface area (Å²) in [6.45, 7) is 4.99. The molecule has 0 bridgehead atoms. The molecule has 0 N–H and O–H groups in total. The molecule has 1 atom stereocenters. The van der Waals surface area contributed by atoms with Crippen LogP contribution in [0.4, 0.5) is 0 Å². The van der Waals surface area contributed by atoms with Gasteiger partial charge < -0.3 is 0 Å². The number of allylic oxidation sites excluding steroid dienone is 2. The van der Waals surface area contributed by atoms with Crippen molar-refractivity contribution in [3.05, 3.63) is 11.6 Å². The van der Waals surface area contributed by atoms with Gasteiger partial charge in [-0.2, -0.15) is 0 Å². The van der Waals surface area contributed by atoms with Crippen LogP contribution in [0.5, 0.6) is 0 Å². The molecule has 0 nitrogen and oxygen atoms in total. The molecule has 0 saturated heterocycles. The average molecular weight is 700 g/mol. The summed E-state index contributed by atoms with van der Waals surface area (Å²) < 4.78 is -0.137. The summed E-state index contributed by atoms with van der Waals surface area (Å²) in [5.74, 6) is -3.13. The first-order valence-corrected chi connectivity index (χ1v) is 27.0. The number of rotatable bonds is 9. The number of alkyl halides is 1. The molecule has 262 valence electrons. The van der Waals surface area contributed by atoms with Crippen molar-refractivity contribution < 1.29 is 0 Å². The molecule has 1 unspecified atom stereocenters. The van der Waals surface area contributed by atoms with E-state index in [0.717, 1.165) is 17.0 Å². The summed E-state index contributed by atoms with van der Waals surface area (Å²) in [7, 11) is -2.03. The Balaban J connectivity index is 1.71. The van der Waals surface area contributed by atoms with Crippen molar-refractivity contribution in [1.82, 2.24) is 0 Å². The Morgan fingerprint density at radius 3 is 1.18 bits per heavy atom. The van der Waals surface area contributed by atoms with Gasteiger partial charge in [-0.05, 0) is 0 Å². The predicted molar refractivity (Wildman–Crippen MR) is 210 cm³/mol. The molecule has 6 aliphatic carbocycles. The number of halogens is 2. The van der Waals surface area contributed by atoms with Crippen LogP contribution in [0.1, 0.15) is 206 Å². The van der Waals surface area contributed by atoms with Gasteiger partial charge >= 0.3 is 292 Å². The van der Waals surface area contributed by atoms with Gasteiger partial charge in [0.2, 0.25) is 0 Å². The van der Waals surface area contributed by atoms with Crippen LogP contribution in [0.15, 0.2) is 11.6 Å². The second-order valence-electron chi connectivity index (χ2n) is 18.0. The van der Waals surface area contributed by atoms with Gasteiger partial charge in [0.15, 0.2) is 0 Å². The van der Waals surface area contributed by atoms with Crippen LogP contribution in [0.25, 0.3) is 0 Å². The average Bonchev–Trinajstić information content (AvgIpc) is 3.10. The quantitative estimate of drug-likeness (QED) is 0.128. The second-order valence-corrected chi connectivity index (χ2v) is 32.1. The minimum absolute atomic E-state index is 0.137. The molecule has 0 radical (unpaired) electrons. The van der Waals surface area contributed by atoms with E-state index in [1.165, 1.54) is 154 Å². The van der Waals surface area contributed by atoms with Gasteiger partial charge in [-0.1, -0.05) is 0 Å². The van der Waals surface area contributed by atoms with Crippen molar-refractivity contribution in [3.8, 4) is 0 Å². The van der Waals surface area contributed by atoms with E-state index < -0.39 is 13.2 Å². The molecule has 4 heteroatoms. The van der Waals surface area contributed by atoms with Crippen LogP contribution < -0.4 is 0 Å². The molecule has 0 aromatic carbocycles. The van der Waals surface area contributed by atoms with E-state index in [0.29, 0.717) is 16.7 Å². The summed E-state index contributed by atoms with van der Waals surface area (Å²) in [4.78, 5) is 0. The van der Waals surface area contributed by atoms with Crippen LogP contribution >= 0.6 is 36.1 Å². The molecular formula is C41H74Cl2P2. The first-order chi connectivity index (χ1) is 21.9. The molecule has 0 aliphatic heterocycles. The van der Waals surface area contributed by atoms with Gasteiger partial charge in [0, 0.05) is 0 Å². The SMILES string of the molecule is CC(C)=CC([PH](C1CCCCC1)(C1CCCCC1)C1CCCCC1)P(Cl)(C1CCCCC1)(C1CCCCC1)C1(Cl)CCCCC1. The maximum absolute atomic E-state index is 9.82. The van der Waals surface area contributed by atoms with Crippen LogP contribution in [-0.4, -0.2) is 38.3 Å². The van der Waals surface area contributed by atoms with Crippen molar-refractivity contribution in [2.75, 3.05) is 0 Å². The normalized spacial score (nSPS) is 29.8. The topological polar surface area (TPSA) is 0 Å². The van der Waals surface area contributed by atoms with E-state index in [-0.39, 0.29) is 4.62 Å². The summed E-state index contributed by atoms with van der Waals surface area (Å²) in [6.07, 6.45) is 46.4. The van der Waals surface area contributed by atoms with Crippen molar-refractivity contribution >= 4 is 36.1 Å². The second kappa shape index (κ2) is 15.6. The van der Waals surface area contributed by atoms with Gasteiger partial charge in [0.05, 0.1) is 0 Å². The van der Waals surface area contributed by atoms with Crippen molar-refractivity contribution in [1.29, 1.82) is 0 Å². The Kier molecular flexibility index (Phi) is 12.5. The molecular weight excluding hydrogens is 625 g/mol. The molecule has 0 aromatic heterocycles. The summed E-state index contributed by atoms with van der Waals surface area (Å²) in [6, 6.07) is 0. The Bertz CT molecular complexity index is 886. The van der Waals surface area contributed by atoms with Crippen LogP contribution in [0.2, 0.25) is 0 Å². The van der Waals surface area contributed by atoms with Crippen molar-refractivity contribution in [2.24, 2.45) is 0 Å². The fraction of sp³-hybridized carbons (Fsp3) is 0.951. The zero-order valence-electron chi connectivity index (χ0n) is 30.0. The Morgan fingerprint density at radius 2 is 0.844 bits per heavy atom. The fourth-order valence-corrected chi connectivity index (χ4v) is 42.9. The molecule has 0 spiro atoms. The minimum atomic E-state index is -3.13. The van der Waals surface area contributed by atoms with Crippen LogP contribution in [0, 0.1) is 0 Å². The molecule has 6 saturated carbocycles. The van der Waals surface area contributed by atoms with Crippen molar-refractivity contribution in [3.63, 3.8) is 0 Å². The molecule has 0 heterocycles. The van der Waals surface area contributed by atoms with Gasteiger partial charge in [-0.25, -0.2) is 0 Å². The summed E-state index contributed by atoms with van der Waals surface area (Å²) in [5.41, 5.74) is 6.02. The Labute approximate surface area is 291 Å². The third-order valence-corrected chi connectivity index (χ3v) is 38.7. The van der Waals surface area contributed by atoms with Gasteiger partial charge in [-0.3, -0.25) is 0 Å². The van der Waals surface area contributed by atoms with Crippen molar-refractivity contribution in [2.45, 2.75) is 245 Å². The summed E-state index contributed by atoms with van der Waals surface area (Å²) >= 11 is 18.6. The predicted octanol–water partition coefficient (Wildman–Crippen LogP) is 15.3. The molecule has 6 rings (SSSR count). The van der Waals surface area contributed by atoms with E-state index in [2.05, 4.69) is 19.9 Å². The zero-order chi connectivity index (χ0) is 31.4. The Hall–Kier alpha value is 1.18. The fourth-order valence-electron chi connectivity index (χ4n) is 14.0. The van der Waals surface area contributed by atoms with E-state index in [1.807, 2.05) is 0 Å². The number of hydrogen-bond acceptors (Lipinski definition) is 0. The third kappa shape index (κ3) is 6.35. The third-order valence-electron chi connectivity index (χ3n) is 15.6. The zero-order valence-corrected chi connectivity index (χ0v) is 33.4. The standard InChI is InChI=1S/C41H74Cl2P2/c1-34(2)33-40(44(35-21-9-3-10-22-35,36-23-11-4-12-24-36)37-25-13-5-14-26-37)45(43,38-27-15-6-16-28-38,39-29-17-7-18-30-39)41(42)31-19-8-20-32-41/h33,35-40,44H,3-32H2,1-2H3. The maximum atomic E-state index is 9.82. The van der Waals surface area contributed by atoms with E-state index in [4.69, 9.17) is 11.6 Å².